The summed E-state index contributed by atoms with van der Waals surface area (Å²) in [5.41, 5.74) is 1.06. The van der Waals surface area contributed by atoms with Crippen molar-refractivity contribution >= 4 is 21.6 Å². The lowest BCUT2D eigenvalue weighted by atomic mass is 10.3. The smallest absolute Gasteiger partial charge is 0.274 e. The molecule has 0 aliphatic carbocycles. The van der Waals surface area contributed by atoms with Crippen LogP contribution in [0.2, 0.25) is 0 Å². The van der Waals surface area contributed by atoms with Crippen LogP contribution in [0.3, 0.4) is 0 Å². The first-order chi connectivity index (χ1) is 11.9. The number of hydrogen-bond acceptors (Lipinski definition) is 4. The van der Waals surface area contributed by atoms with Gasteiger partial charge in [-0.3, -0.25) is 4.79 Å². The van der Waals surface area contributed by atoms with E-state index in [1.807, 2.05) is 30.3 Å². The average Bonchev–Trinajstić information content (AvgIpc) is 3.04. The van der Waals surface area contributed by atoms with E-state index >= 15 is 0 Å². The van der Waals surface area contributed by atoms with Crippen LogP contribution in [0.15, 0.2) is 47.5 Å². The topological polar surface area (TPSA) is 71.8 Å². The van der Waals surface area contributed by atoms with Crippen molar-refractivity contribution in [2.24, 2.45) is 7.05 Å². The van der Waals surface area contributed by atoms with Gasteiger partial charge in [-0.15, -0.1) is 0 Å². The van der Waals surface area contributed by atoms with E-state index in [4.69, 9.17) is 4.74 Å². The van der Waals surface area contributed by atoms with Crippen molar-refractivity contribution in [3.05, 3.63) is 48.3 Å². The fraction of sp³-hybridized carbons (Fsp3) is 0.353. The summed E-state index contributed by atoms with van der Waals surface area (Å²) in [6, 6.07) is 10.7. The van der Waals surface area contributed by atoms with Gasteiger partial charge in [-0.1, -0.05) is 18.2 Å². The Labute approximate surface area is 147 Å². The lowest BCUT2D eigenvalue weighted by Gasteiger charge is -2.25. The Morgan fingerprint density at radius 1 is 1.16 bits per heavy atom. The molecular weight excluding hydrogens is 342 g/mol. The number of para-hydroxylation sites is 1. The van der Waals surface area contributed by atoms with Gasteiger partial charge in [0.05, 0.1) is 13.2 Å². The molecular formula is C17H21N3O4S. The van der Waals surface area contributed by atoms with Gasteiger partial charge in [-0.2, -0.15) is 4.31 Å². The van der Waals surface area contributed by atoms with Gasteiger partial charge < -0.3 is 14.2 Å². The van der Waals surface area contributed by atoms with Gasteiger partial charge in [-0.05, 0) is 18.2 Å². The normalized spacial score (nSPS) is 15.9. The Hall–Kier alpha value is -2.16. The molecule has 0 atom stereocenters. The van der Waals surface area contributed by atoms with Gasteiger partial charge in [0.15, 0.2) is 0 Å². The third-order valence-electron chi connectivity index (χ3n) is 4.25. The molecule has 1 aromatic heterocycles. The average molecular weight is 363 g/mol. The Morgan fingerprint density at radius 3 is 2.44 bits per heavy atom. The largest absolute Gasteiger partial charge is 0.379 e. The molecule has 0 unspecified atom stereocenters. The number of nitrogens with zero attached hydrogens (tertiary/aromatic N) is 3. The van der Waals surface area contributed by atoms with E-state index in [9.17, 15) is 13.2 Å². The van der Waals surface area contributed by atoms with E-state index in [2.05, 4.69) is 0 Å². The number of aromatic nitrogens is 1. The molecule has 0 bridgehead atoms. The second kappa shape index (κ2) is 6.99. The maximum atomic E-state index is 12.8. The molecule has 3 rings (SSSR count). The summed E-state index contributed by atoms with van der Waals surface area (Å²) in [5, 5.41) is 0. The van der Waals surface area contributed by atoms with Gasteiger partial charge in [-0.25, -0.2) is 8.42 Å². The Bertz CT molecular complexity index is 855. The number of carbonyl (C=O) groups excluding carboxylic acids is 1. The first-order valence-electron chi connectivity index (χ1n) is 7.98. The summed E-state index contributed by atoms with van der Waals surface area (Å²) < 4.78 is 33.6. The molecule has 25 heavy (non-hydrogen) atoms. The Kier molecular flexibility index (Phi) is 4.94. The number of ether oxygens (including phenoxy) is 1. The van der Waals surface area contributed by atoms with Gasteiger partial charge in [0.2, 0.25) is 10.0 Å². The van der Waals surface area contributed by atoms with Crippen molar-refractivity contribution in [3.63, 3.8) is 0 Å². The molecule has 0 saturated carbocycles. The van der Waals surface area contributed by atoms with Crippen LogP contribution in [0, 0.1) is 0 Å². The number of hydrogen-bond donors (Lipinski definition) is 0. The highest BCUT2D eigenvalue weighted by atomic mass is 32.2. The van der Waals surface area contributed by atoms with Crippen molar-refractivity contribution in [3.8, 4) is 0 Å². The van der Waals surface area contributed by atoms with Crippen LogP contribution >= 0.6 is 0 Å². The summed E-state index contributed by atoms with van der Waals surface area (Å²) >= 11 is 0. The Morgan fingerprint density at radius 2 is 1.80 bits per heavy atom. The van der Waals surface area contributed by atoms with E-state index in [-0.39, 0.29) is 10.8 Å². The van der Waals surface area contributed by atoms with Crippen molar-refractivity contribution in [1.29, 1.82) is 0 Å². The molecule has 1 aliphatic heterocycles. The Balaban J connectivity index is 1.88. The fourth-order valence-electron chi connectivity index (χ4n) is 2.76. The van der Waals surface area contributed by atoms with E-state index in [0.29, 0.717) is 32.0 Å². The highest BCUT2D eigenvalue weighted by Gasteiger charge is 2.29. The minimum atomic E-state index is -3.63. The predicted molar refractivity (Wildman–Crippen MR) is 94.2 cm³/mol. The number of aryl methyl sites for hydroxylation is 1. The number of anilines is 1. The second-order valence-electron chi connectivity index (χ2n) is 5.89. The second-order valence-corrected chi connectivity index (χ2v) is 7.83. The number of amides is 1. The molecule has 2 aromatic rings. The van der Waals surface area contributed by atoms with Gasteiger partial charge in [0.25, 0.3) is 5.91 Å². The van der Waals surface area contributed by atoms with Crippen molar-refractivity contribution in [2.75, 3.05) is 38.3 Å². The minimum absolute atomic E-state index is 0.127. The molecule has 2 heterocycles. The third-order valence-corrected chi connectivity index (χ3v) is 6.12. The summed E-state index contributed by atoms with van der Waals surface area (Å²) in [5.74, 6) is -0.267. The maximum Gasteiger partial charge on any atom is 0.274 e. The number of carbonyl (C=O) groups is 1. The zero-order valence-corrected chi connectivity index (χ0v) is 15.1. The zero-order chi connectivity index (χ0) is 18.0. The first kappa shape index (κ1) is 17.7. The van der Waals surface area contributed by atoms with E-state index < -0.39 is 10.0 Å². The molecule has 1 aromatic carbocycles. The number of benzene rings is 1. The maximum absolute atomic E-state index is 12.8. The molecule has 0 N–H and O–H groups in total. The predicted octanol–water partition coefficient (Wildman–Crippen LogP) is 1.32. The SMILES string of the molecule is CN(C(=O)c1cc(S(=O)(=O)N2CCOCC2)cn1C)c1ccccc1. The lowest BCUT2D eigenvalue weighted by molar-refractivity contribution is 0.0730. The molecule has 1 fully saturated rings. The summed E-state index contributed by atoms with van der Waals surface area (Å²) in [6.45, 7) is 1.41. The third kappa shape index (κ3) is 3.46. The quantitative estimate of drug-likeness (QED) is 0.821. The standard InChI is InChI=1S/C17H21N3O4S/c1-18-13-15(25(22,23)20-8-10-24-11-9-20)12-16(18)17(21)19(2)14-6-4-3-5-7-14/h3-7,12-13H,8-11H2,1-2H3. The summed E-state index contributed by atoms with van der Waals surface area (Å²) in [6.07, 6.45) is 1.48. The fourth-order valence-corrected chi connectivity index (χ4v) is 4.24. The number of rotatable bonds is 4. The monoisotopic (exact) mass is 363 g/mol. The summed E-state index contributed by atoms with van der Waals surface area (Å²) in [7, 11) is -0.287. The van der Waals surface area contributed by atoms with Crippen molar-refractivity contribution < 1.29 is 17.9 Å². The summed E-state index contributed by atoms with van der Waals surface area (Å²) in [4.78, 5) is 14.4. The van der Waals surface area contributed by atoms with Crippen LogP contribution in [0.25, 0.3) is 0 Å². The molecule has 8 heteroatoms. The van der Waals surface area contributed by atoms with Crippen LogP contribution in [-0.4, -0.2) is 56.5 Å². The lowest BCUT2D eigenvalue weighted by Crippen LogP contribution is -2.40. The molecule has 134 valence electrons. The molecule has 0 radical (unpaired) electrons. The van der Waals surface area contributed by atoms with Gasteiger partial charge in [0, 0.05) is 39.1 Å². The highest BCUT2D eigenvalue weighted by Crippen LogP contribution is 2.22. The van der Waals surface area contributed by atoms with Crippen LogP contribution < -0.4 is 4.90 Å². The number of morpholine rings is 1. The van der Waals surface area contributed by atoms with Gasteiger partial charge in [0.1, 0.15) is 10.6 Å². The van der Waals surface area contributed by atoms with E-state index in [0.717, 1.165) is 5.69 Å². The van der Waals surface area contributed by atoms with Gasteiger partial charge >= 0.3 is 0 Å². The highest BCUT2D eigenvalue weighted by molar-refractivity contribution is 7.89. The van der Waals surface area contributed by atoms with Crippen LogP contribution in [-0.2, 0) is 21.8 Å². The zero-order valence-electron chi connectivity index (χ0n) is 14.3. The first-order valence-corrected chi connectivity index (χ1v) is 9.42. The minimum Gasteiger partial charge on any atom is -0.379 e. The van der Waals surface area contributed by atoms with E-state index in [1.165, 1.54) is 21.5 Å². The van der Waals surface area contributed by atoms with Crippen LogP contribution in [0.1, 0.15) is 10.5 Å². The van der Waals surface area contributed by atoms with E-state index in [1.54, 1.807) is 18.7 Å². The molecule has 0 spiro atoms. The van der Waals surface area contributed by atoms with Crippen molar-refractivity contribution in [1.82, 2.24) is 8.87 Å². The van der Waals surface area contributed by atoms with Crippen LogP contribution in [0.5, 0.6) is 0 Å². The van der Waals surface area contributed by atoms with Crippen LogP contribution in [0.4, 0.5) is 5.69 Å². The molecule has 7 nitrogen and oxygen atoms in total. The molecule has 1 aliphatic rings. The molecule has 1 saturated heterocycles. The van der Waals surface area contributed by atoms with Crippen molar-refractivity contribution in [2.45, 2.75) is 4.90 Å². The number of sulfonamides is 1. The molecule has 1 amide bonds.